The maximum Gasteiger partial charge on any atom is 0.298 e. The van der Waals surface area contributed by atoms with Crippen molar-refractivity contribution in [3.63, 3.8) is 0 Å². The van der Waals surface area contributed by atoms with Gasteiger partial charge in [0.25, 0.3) is 16.1 Å². The predicted molar refractivity (Wildman–Crippen MR) is 50.1 cm³/mol. The van der Waals surface area contributed by atoms with Crippen LogP contribution in [-0.4, -0.2) is 49.7 Å². The molecular formula is C7H11N3O3S. The highest BCUT2D eigenvalue weighted by molar-refractivity contribution is 7.86. The summed E-state index contributed by atoms with van der Waals surface area (Å²) in [5.74, 6) is 1.56. The lowest BCUT2D eigenvalue weighted by Gasteiger charge is -2.31. The van der Waals surface area contributed by atoms with Crippen LogP contribution in [0.25, 0.3) is 0 Å². The number of carbonyl (C=O) groups is 1. The Morgan fingerprint density at radius 1 is 1.29 bits per heavy atom. The molecule has 0 radical (unpaired) electrons. The Labute approximate surface area is 82.8 Å². The molecule has 6 nitrogen and oxygen atoms in total. The Morgan fingerprint density at radius 2 is 1.79 bits per heavy atom. The molecule has 0 saturated carbocycles. The Balaban J connectivity index is 2.56. The SMILES string of the molecule is C#CC(=O)N1CCN(S(N)(=O)=O)CC1. The van der Waals surface area contributed by atoms with Gasteiger partial charge in [0.1, 0.15) is 0 Å². The third-order valence-corrected chi connectivity index (χ3v) is 3.09. The van der Waals surface area contributed by atoms with Crippen LogP contribution in [0.1, 0.15) is 0 Å². The number of terminal acetylenes is 1. The molecule has 0 aromatic rings. The highest BCUT2D eigenvalue weighted by atomic mass is 32.2. The lowest BCUT2D eigenvalue weighted by atomic mass is 10.3. The minimum Gasteiger partial charge on any atom is -0.329 e. The van der Waals surface area contributed by atoms with E-state index in [0.29, 0.717) is 13.1 Å². The molecule has 2 N–H and O–H groups in total. The number of amides is 1. The molecule has 1 aliphatic heterocycles. The molecule has 78 valence electrons. The summed E-state index contributed by atoms with van der Waals surface area (Å²) in [6, 6.07) is 0. The number of carbonyl (C=O) groups excluding carboxylic acids is 1. The number of nitrogens with zero attached hydrogens (tertiary/aromatic N) is 2. The zero-order valence-electron chi connectivity index (χ0n) is 7.51. The summed E-state index contributed by atoms with van der Waals surface area (Å²) in [5.41, 5.74) is 0. The standard InChI is InChI=1S/C7H11N3O3S/c1-2-7(11)9-3-5-10(6-4-9)14(8,12)13/h1H,3-6H2,(H2,8,12,13). The minimum atomic E-state index is -3.64. The fraction of sp³-hybridized carbons (Fsp3) is 0.571. The van der Waals surface area contributed by atoms with E-state index in [1.807, 2.05) is 5.92 Å². The first-order chi connectivity index (χ1) is 6.45. The monoisotopic (exact) mass is 217 g/mol. The van der Waals surface area contributed by atoms with Crippen LogP contribution in [0.5, 0.6) is 0 Å². The van der Waals surface area contributed by atoms with Crippen LogP contribution in [0.3, 0.4) is 0 Å². The molecule has 1 heterocycles. The largest absolute Gasteiger partial charge is 0.329 e. The summed E-state index contributed by atoms with van der Waals surface area (Å²) in [7, 11) is -3.64. The summed E-state index contributed by atoms with van der Waals surface area (Å²) in [4.78, 5) is 12.4. The molecular weight excluding hydrogens is 206 g/mol. The Hall–Kier alpha value is -1.10. The van der Waals surface area contributed by atoms with Gasteiger partial charge >= 0.3 is 0 Å². The maximum absolute atomic E-state index is 11.0. The van der Waals surface area contributed by atoms with Gasteiger partial charge in [0, 0.05) is 26.2 Å². The third kappa shape index (κ3) is 2.45. The number of rotatable bonds is 1. The highest BCUT2D eigenvalue weighted by Crippen LogP contribution is 2.03. The van der Waals surface area contributed by atoms with Gasteiger partial charge in [0.05, 0.1) is 0 Å². The molecule has 1 saturated heterocycles. The van der Waals surface area contributed by atoms with Gasteiger partial charge < -0.3 is 4.90 Å². The van der Waals surface area contributed by atoms with E-state index in [2.05, 4.69) is 0 Å². The molecule has 1 fully saturated rings. The van der Waals surface area contributed by atoms with Gasteiger partial charge in [-0.3, -0.25) is 4.79 Å². The van der Waals surface area contributed by atoms with E-state index in [0.717, 1.165) is 4.31 Å². The lowest BCUT2D eigenvalue weighted by molar-refractivity contribution is -0.126. The lowest BCUT2D eigenvalue weighted by Crippen LogP contribution is -2.51. The number of hydrogen-bond acceptors (Lipinski definition) is 3. The average Bonchev–Trinajstić information content (AvgIpc) is 2.15. The van der Waals surface area contributed by atoms with Crippen molar-refractivity contribution in [3.8, 4) is 12.3 Å². The van der Waals surface area contributed by atoms with Crippen molar-refractivity contribution in [2.45, 2.75) is 0 Å². The molecule has 0 unspecified atom stereocenters. The summed E-state index contributed by atoms with van der Waals surface area (Å²) in [6.45, 7) is 0.984. The van der Waals surface area contributed by atoms with Crippen molar-refractivity contribution in [2.24, 2.45) is 5.14 Å². The van der Waals surface area contributed by atoms with E-state index < -0.39 is 16.1 Å². The second-order valence-electron chi connectivity index (χ2n) is 2.88. The summed E-state index contributed by atoms with van der Waals surface area (Å²) in [5, 5.41) is 4.92. The maximum atomic E-state index is 11.0. The molecule has 0 spiro atoms. The van der Waals surface area contributed by atoms with Crippen molar-refractivity contribution in [2.75, 3.05) is 26.2 Å². The van der Waals surface area contributed by atoms with Crippen molar-refractivity contribution in [3.05, 3.63) is 0 Å². The summed E-state index contributed by atoms with van der Waals surface area (Å²) in [6.07, 6.45) is 4.93. The van der Waals surface area contributed by atoms with Crippen LogP contribution in [0.4, 0.5) is 0 Å². The van der Waals surface area contributed by atoms with Crippen LogP contribution in [0, 0.1) is 12.3 Å². The van der Waals surface area contributed by atoms with Gasteiger partial charge in [0.15, 0.2) is 0 Å². The van der Waals surface area contributed by atoms with Crippen molar-refractivity contribution >= 4 is 16.1 Å². The normalized spacial score (nSPS) is 19.0. The van der Waals surface area contributed by atoms with Crippen LogP contribution >= 0.6 is 0 Å². The van der Waals surface area contributed by atoms with E-state index >= 15 is 0 Å². The van der Waals surface area contributed by atoms with Crippen LogP contribution in [0.15, 0.2) is 0 Å². The molecule has 7 heteroatoms. The second-order valence-corrected chi connectivity index (χ2v) is 4.43. The number of nitrogens with two attached hydrogens (primary N) is 1. The van der Waals surface area contributed by atoms with E-state index in [-0.39, 0.29) is 13.1 Å². The molecule has 0 atom stereocenters. The van der Waals surface area contributed by atoms with E-state index in [9.17, 15) is 13.2 Å². The van der Waals surface area contributed by atoms with Gasteiger partial charge in [-0.1, -0.05) is 0 Å². The van der Waals surface area contributed by atoms with E-state index in [1.165, 1.54) is 4.90 Å². The zero-order chi connectivity index (χ0) is 10.8. The number of piperazine rings is 1. The summed E-state index contributed by atoms with van der Waals surface area (Å²) >= 11 is 0. The van der Waals surface area contributed by atoms with Crippen LogP contribution in [0.2, 0.25) is 0 Å². The fourth-order valence-electron chi connectivity index (χ4n) is 1.24. The first kappa shape index (κ1) is 11.0. The highest BCUT2D eigenvalue weighted by Gasteiger charge is 2.25. The zero-order valence-corrected chi connectivity index (χ0v) is 8.33. The van der Waals surface area contributed by atoms with Crippen molar-refractivity contribution in [1.29, 1.82) is 0 Å². The second kappa shape index (κ2) is 3.96. The molecule has 0 bridgehead atoms. The quantitative estimate of drug-likeness (QED) is 0.514. The van der Waals surface area contributed by atoms with Gasteiger partial charge in [-0.25, -0.2) is 5.14 Å². The van der Waals surface area contributed by atoms with Gasteiger partial charge in [-0.15, -0.1) is 6.42 Å². The molecule has 14 heavy (non-hydrogen) atoms. The van der Waals surface area contributed by atoms with Crippen molar-refractivity contribution < 1.29 is 13.2 Å². The van der Waals surface area contributed by atoms with Crippen molar-refractivity contribution in [1.82, 2.24) is 9.21 Å². The first-order valence-electron chi connectivity index (χ1n) is 3.98. The van der Waals surface area contributed by atoms with Gasteiger partial charge in [-0.05, 0) is 5.92 Å². The predicted octanol–water partition coefficient (Wildman–Crippen LogP) is -2.03. The van der Waals surface area contributed by atoms with Gasteiger partial charge in [0.2, 0.25) is 0 Å². The van der Waals surface area contributed by atoms with Gasteiger partial charge in [-0.2, -0.15) is 12.7 Å². The first-order valence-corrected chi connectivity index (χ1v) is 5.49. The smallest absolute Gasteiger partial charge is 0.298 e. The molecule has 1 aliphatic rings. The molecule has 0 aromatic carbocycles. The molecule has 1 rings (SSSR count). The molecule has 1 amide bonds. The Kier molecular flexibility index (Phi) is 3.10. The number of hydrogen-bond donors (Lipinski definition) is 1. The third-order valence-electron chi connectivity index (χ3n) is 2.01. The Bertz CT molecular complexity index is 362. The van der Waals surface area contributed by atoms with E-state index in [4.69, 9.17) is 11.6 Å². The minimum absolute atomic E-state index is 0.201. The van der Waals surface area contributed by atoms with Crippen LogP contribution < -0.4 is 5.14 Å². The summed E-state index contributed by atoms with van der Waals surface area (Å²) < 4.78 is 22.9. The van der Waals surface area contributed by atoms with E-state index in [1.54, 1.807) is 0 Å². The Morgan fingerprint density at radius 3 is 2.14 bits per heavy atom. The fourth-order valence-corrected chi connectivity index (χ4v) is 1.91. The topological polar surface area (TPSA) is 83.7 Å². The molecule has 0 aromatic heterocycles. The molecule has 0 aliphatic carbocycles. The van der Waals surface area contributed by atoms with Crippen LogP contribution in [-0.2, 0) is 15.0 Å². The average molecular weight is 217 g/mol.